The van der Waals surface area contributed by atoms with E-state index >= 15 is 0 Å². The maximum absolute atomic E-state index is 9.49. The topological polar surface area (TPSA) is 114 Å². The van der Waals surface area contributed by atoms with Crippen LogP contribution in [0.3, 0.4) is 0 Å². The Balaban J connectivity index is 1.67. The summed E-state index contributed by atoms with van der Waals surface area (Å²) in [6.07, 6.45) is 6.90. The van der Waals surface area contributed by atoms with E-state index in [4.69, 9.17) is 4.74 Å². The molecular weight excluding hydrogens is 322 g/mol. The minimum absolute atomic E-state index is 0.448. The first-order valence-corrected chi connectivity index (χ1v) is 8.05. The molecular formula is C16H21N7O2. The molecule has 0 spiro atoms. The lowest BCUT2D eigenvalue weighted by Gasteiger charge is -2.06. The highest BCUT2D eigenvalue weighted by molar-refractivity contribution is 5.71. The van der Waals surface area contributed by atoms with Crippen molar-refractivity contribution in [1.82, 2.24) is 29.9 Å². The number of hydrogen-bond acceptors (Lipinski definition) is 7. The first kappa shape index (κ1) is 16.9. The third-order valence-corrected chi connectivity index (χ3v) is 3.77. The summed E-state index contributed by atoms with van der Waals surface area (Å²) in [5.41, 5.74) is 1.44. The number of aryl methyl sites for hydroxylation is 1. The van der Waals surface area contributed by atoms with Gasteiger partial charge in [-0.15, -0.1) is 6.58 Å². The molecule has 3 heterocycles. The zero-order valence-electron chi connectivity index (χ0n) is 14.0. The molecule has 25 heavy (non-hydrogen) atoms. The lowest BCUT2D eigenvalue weighted by Crippen LogP contribution is -2.05. The molecule has 0 radical (unpaired) electrons. The largest absolute Gasteiger partial charge is 0.481 e. The molecule has 0 aliphatic carbocycles. The van der Waals surface area contributed by atoms with Crippen LogP contribution in [0.1, 0.15) is 19.3 Å². The lowest BCUT2D eigenvalue weighted by molar-refractivity contribution is 0.208. The van der Waals surface area contributed by atoms with Gasteiger partial charge in [0, 0.05) is 12.6 Å². The van der Waals surface area contributed by atoms with E-state index in [0.717, 1.165) is 18.4 Å². The maximum Gasteiger partial charge on any atom is 0.210 e. The number of ether oxygens (including phenoxy) is 1. The van der Waals surface area contributed by atoms with Crippen molar-refractivity contribution in [2.24, 2.45) is 0 Å². The van der Waals surface area contributed by atoms with Gasteiger partial charge in [-0.2, -0.15) is 10.2 Å². The normalized spacial score (nSPS) is 12.2. The Morgan fingerprint density at radius 1 is 1.40 bits per heavy atom. The Hall–Kier alpha value is -2.94. The van der Waals surface area contributed by atoms with Gasteiger partial charge in [0.2, 0.25) is 5.88 Å². The van der Waals surface area contributed by atoms with Crippen molar-refractivity contribution in [3.63, 3.8) is 0 Å². The fourth-order valence-electron chi connectivity index (χ4n) is 2.41. The third kappa shape index (κ3) is 4.13. The molecule has 0 bridgehead atoms. The summed E-state index contributed by atoms with van der Waals surface area (Å²) in [6, 6.07) is 1.73. The lowest BCUT2D eigenvalue weighted by atomic mass is 10.1. The highest BCUT2D eigenvalue weighted by atomic mass is 16.5. The number of rotatable bonds is 9. The molecule has 0 aliphatic rings. The molecule has 3 aromatic rings. The van der Waals surface area contributed by atoms with E-state index in [9.17, 15) is 5.11 Å². The monoisotopic (exact) mass is 343 g/mol. The molecule has 132 valence electrons. The third-order valence-electron chi connectivity index (χ3n) is 3.77. The molecule has 3 rings (SSSR count). The van der Waals surface area contributed by atoms with E-state index in [1.54, 1.807) is 31.6 Å². The SMILES string of the molecule is C=CC(O)CCCCn1ncc2ncc(Nc3cc(OC)[nH]n3)nc21. The maximum atomic E-state index is 9.49. The van der Waals surface area contributed by atoms with Crippen LogP contribution in [0.25, 0.3) is 11.2 Å². The number of aliphatic hydroxyl groups is 1. The molecule has 0 aliphatic heterocycles. The van der Waals surface area contributed by atoms with Crippen LogP contribution in [-0.2, 0) is 6.54 Å². The Morgan fingerprint density at radius 2 is 2.28 bits per heavy atom. The van der Waals surface area contributed by atoms with Gasteiger partial charge in [-0.05, 0) is 19.3 Å². The minimum Gasteiger partial charge on any atom is -0.481 e. The number of nitrogens with zero attached hydrogens (tertiary/aromatic N) is 5. The van der Waals surface area contributed by atoms with Crippen LogP contribution in [-0.4, -0.2) is 48.3 Å². The predicted octanol–water partition coefficient (Wildman–Crippen LogP) is 2.02. The number of nitrogens with one attached hydrogen (secondary N) is 2. The summed E-state index contributed by atoms with van der Waals surface area (Å²) < 4.78 is 6.88. The number of fused-ring (bicyclic) bond motifs is 1. The van der Waals surface area contributed by atoms with Crippen LogP contribution in [0.5, 0.6) is 5.88 Å². The summed E-state index contributed by atoms with van der Waals surface area (Å²) >= 11 is 0. The molecule has 1 atom stereocenters. The molecule has 3 N–H and O–H groups in total. The number of aliphatic hydroxyl groups excluding tert-OH is 1. The number of unbranched alkanes of at least 4 members (excludes halogenated alkanes) is 1. The fourth-order valence-corrected chi connectivity index (χ4v) is 2.41. The molecule has 9 heteroatoms. The average Bonchev–Trinajstić information content (AvgIpc) is 3.25. The van der Waals surface area contributed by atoms with Crippen molar-refractivity contribution in [1.29, 1.82) is 0 Å². The number of aromatic amines is 1. The van der Waals surface area contributed by atoms with E-state index in [2.05, 4.69) is 37.2 Å². The number of hydrogen-bond donors (Lipinski definition) is 3. The van der Waals surface area contributed by atoms with Crippen molar-refractivity contribution in [3.8, 4) is 5.88 Å². The van der Waals surface area contributed by atoms with E-state index in [1.165, 1.54) is 0 Å². The summed E-state index contributed by atoms with van der Waals surface area (Å²) in [4.78, 5) is 8.93. The molecule has 0 saturated heterocycles. The van der Waals surface area contributed by atoms with Gasteiger partial charge in [-0.1, -0.05) is 6.08 Å². The van der Waals surface area contributed by atoms with E-state index in [0.29, 0.717) is 36.1 Å². The van der Waals surface area contributed by atoms with E-state index in [1.807, 2.05) is 4.68 Å². The molecule has 3 aromatic heterocycles. The van der Waals surface area contributed by atoms with Gasteiger partial charge < -0.3 is 15.2 Å². The van der Waals surface area contributed by atoms with Gasteiger partial charge in [0.15, 0.2) is 17.3 Å². The minimum atomic E-state index is -0.448. The number of H-pyrrole nitrogens is 1. The first-order valence-electron chi connectivity index (χ1n) is 8.05. The van der Waals surface area contributed by atoms with Crippen LogP contribution < -0.4 is 10.1 Å². The first-order chi connectivity index (χ1) is 12.2. The van der Waals surface area contributed by atoms with Crippen LogP contribution in [0.15, 0.2) is 31.1 Å². The number of methoxy groups -OCH3 is 1. The van der Waals surface area contributed by atoms with Gasteiger partial charge in [-0.3, -0.25) is 0 Å². The second kappa shape index (κ2) is 7.75. The highest BCUT2D eigenvalue weighted by Crippen LogP contribution is 2.18. The van der Waals surface area contributed by atoms with Crippen LogP contribution in [0.2, 0.25) is 0 Å². The predicted molar refractivity (Wildman–Crippen MR) is 93.8 cm³/mol. The summed E-state index contributed by atoms with van der Waals surface area (Å²) in [5.74, 6) is 1.73. The highest BCUT2D eigenvalue weighted by Gasteiger charge is 2.09. The quantitative estimate of drug-likeness (QED) is 0.402. The van der Waals surface area contributed by atoms with Crippen molar-refractivity contribution in [2.45, 2.75) is 31.9 Å². The molecule has 1 unspecified atom stereocenters. The summed E-state index contributed by atoms with van der Waals surface area (Å²) in [7, 11) is 1.57. The average molecular weight is 343 g/mol. The van der Waals surface area contributed by atoms with Crippen molar-refractivity contribution < 1.29 is 9.84 Å². The Kier molecular flexibility index (Phi) is 5.24. The van der Waals surface area contributed by atoms with Crippen molar-refractivity contribution in [2.75, 3.05) is 12.4 Å². The fraction of sp³-hybridized carbons (Fsp3) is 0.375. The molecule has 0 amide bonds. The molecule has 9 nitrogen and oxygen atoms in total. The smallest absolute Gasteiger partial charge is 0.210 e. The van der Waals surface area contributed by atoms with Gasteiger partial charge in [0.05, 0.1) is 25.6 Å². The molecule has 0 fully saturated rings. The van der Waals surface area contributed by atoms with Crippen LogP contribution in [0.4, 0.5) is 11.6 Å². The van der Waals surface area contributed by atoms with Crippen molar-refractivity contribution in [3.05, 3.63) is 31.1 Å². The second-order valence-electron chi connectivity index (χ2n) is 5.58. The van der Waals surface area contributed by atoms with E-state index in [-0.39, 0.29) is 0 Å². The van der Waals surface area contributed by atoms with Gasteiger partial charge in [-0.25, -0.2) is 19.7 Å². The Bertz CT molecular complexity index is 842. The van der Waals surface area contributed by atoms with E-state index < -0.39 is 6.10 Å². The van der Waals surface area contributed by atoms with Crippen LogP contribution in [0, 0.1) is 0 Å². The molecule has 0 saturated carbocycles. The standard InChI is InChI=1S/C16H21N7O2/c1-3-11(24)6-4-5-7-23-16-12(9-18-23)17-10-14(20-16)19-13-8-15(25-2)22-21-13/h3,8-11,24H,1,4-7H2,2H3,(H2,19,20,21,22). The zero-order valence-corrected chi connectivity index (χ0v) is 14.0. The second-order valence-corrected chi connectivity index (χ2v) is 5.58. The van der Waals surface area contributed by atoms with Gasteiger partial charge in [0.25, 0.3) is 0 Å². The summed E-state index contributed by atoms with van der Waals surface area (Å²) in [5, 5.41) is 23.7. The van der Waals surface area contributed by atoms with Crippen molar-refractivity contribution >= 4 is 22.8 Å². The number of anilines is 2. The molecule has 0 aromatic carbocycles. The Morgan fingerprint density at radius 3 is 3.04 bits per heavy atom. The van der Waals surface area contributed by atoms with Gasteiger partial charge >= 0.3 is 0 Å². The summed E-state index contributed by atoms with van der Waals surface area (Å²) in [6.45, 7) is 4.28. The number of aromatic nitrogens is 6. The van der Waals surface area contributed by atoms with Gasteiger partial charge in [0.1, 0.15) is 5.52 Å². The zero-order chi connectivity index (χ0) is 17.6. The Labute approximate surface area is 144 Å². The van der Waals surface area contributed by atoms with Crippen LogP contribution >= 0.6 is 0 Å².